The van der Waals surface area contributed by atoms with Crippen molar-refractivity contribution in [2.45, 2.75) is 19.9 Å². The van der Waals surface area contributed by atoms with E-state index in [-0.39, 0.29) is 5.95 Å². The van der Waals surface area contributed by atoms with Crippen LogP contribution in [0.5, 0.6) is 0 Å². The van der Waals surface area contributed by atoms with Crippen LogP contribution in [0.15, 0.2) is 10.7 Å². The Labute approximate surface area is 103 Å². The third-order valence-corrected chi connectivity index (χ3v) is 3.44. The Bertz CT molecular complexity index is 321. The first kappa shape index (κ1) is 12.6. The van der Waals surface area contributed by atoms with Gasteiger partial charge in [-0.2, -0.15) is 16.7 Å². The number of nitrogen functional groups attached to an aromatic ring is 1. The van der Waals surface area contributed by atoms with Crippen molar-refractivity contribution >= 4 is 39.5 Å². The van der Waals surface area contributed by atoms with E-state index in [1.807, 2.05) is 11.8 Å². The molecule has 0 aromatic carbocycles. The van der Waals surface area contributed by atoms with Gasteiger partial charge in [0.25, 0.3) is 0 Å². The third kappa shape index (κ3) is 4.25. The van der Waals surface area contributed by atoms with Gasteiger partial charge in [-0.1, -0.05) is 6.92 Å². The lowest BCUT2D eigenvalue weighted by Crippen LogP contribution is -2.19. The first-order chi connectivity index (χ1) is 7.13. The Kier molecular flexibility index (Phi) is 5.17. The number of halogens is 1. The number of thioether (sulfide) groups is 1. The zero-order chi connectivity index (χ0) is 11.3. The summed E-state index contributed by atoms with van der Waals surface area (Å²) in [5.41, 5.74) is 5.52. The molecule has 6 heteroatoms. The Morgan fingerprint density at radius 2 is 2.40 bits per heavy atom. The minimum atomic E-state index is 0.288. The number of hydrogen-bond donors (Lipinski definition) is 2. The zero-order valence-corrected chi connectivity index (χ0v) is 11.2. The van der Waals surface area contributed by atoms with Crippen molar-refractivity contribution in [1.82, 2.24) is 9.97 Å². The van der Waals surface area contributed by atoms with Crippen LogP contribution in [0.1, 0.15) is 13.8 Å². The normalized spacial score (nSPS) is 12.5. The molecule has 1 atom stereocenters. The van der Waals surface area contributed by atoms with Gasteiger partial charge in [0.2, 0.25) is 5.95 Å². The Balaban J connectivity index is 2.59. The van der Waals surface area contributed by atoms with Crippen molar-refractivity contribution in [1.29, 1.82) is 0 Å². The van der Waals surface area contributed by atoms with Gasteiger partial charge in [-0.3, -0.25) is 0 Å². The smallest absolute Gasteiger partial charge is 0.221 e. The molecule has 1 unspecified atom stereocenters. The van der Waals surface area contributed by atoms with Crippen LogP contribution in [0.4, 0.5) is 11.8 Å². The van der Waals surface area contributed by atoms with Crippen LogP contribution in [0, 0.1) is 0 Å². The maximum atomic E-state index is 5.52. The van der Waals surface area contributed by atoms with E-state index < -0.39 is 0 Å². The largest absolute Gasteiger partial charge is 0.368 e. The highest BCUT2D eigenvalue weighted by Crippen LogP contribution is 2.20. The summed E-state index contributed by atoms with van der Waals surface area (Å²) >= 11 is 5.27. The summed E-state index contributed by atoms with van der Waals surface area (Å²) in [6, 6.07) is 0.362. The number of nitrogens with zero attached hydrogens (tertiary/aromatic N) is 2. The highest BCUT2D eigenvalue weighted by Gasteiger charge is 2.07. The van der Waals surface area contributed by atoms with E-state index in [1.54, 1.807) is 6.20 Å². The Hall–Kier alpha value is -0.490. The van der Waals surface area contributed by atoms with Crippen LogP contribution in [0.25, 0.3) is 0 Å². The van der Waals surface area contributed by atoms with Gasteiger partial charge in [0.15, 0.2) is 0 Å². The monoisotopic (exact) mass is 290 g/mol. The summed E-state index contributed by atoms with van der Waals surface area (Å²) in [4.78, 5) is 8.00. The van der Waals surface area contributed by atoms with Gasteiger partial charge >= 0.3 is 0 Å². The molecule has 1 heterocycles. The Morgan fingerprint density at radius 3 is 3.07 bits per heavy atom. The first-order valence-electron chi connectivity index (χ1n) is 4.75. The summed E-state index contributed by atoms with van der Waals surface area (Å²) in [7, 11) is 0. The van der Waals surface area contributed by atoms with Crippen molar-refractivity contribution in [3.8, 4) is 0 Å². The van der Waals surface area contributed by atoms with Crippen molar-refractivity contribution < 1.29 is 0 Å². The van der Waals surface area contributed by atoms with Gasteiger partial charge < -0.3 is 11.1 Å². The van der Waals surface area contributed by atoms with Gasteiger partial charge in [0.1, 0.15) is 5.82 Å². The van der Waals surface area contributed by atoms with E-state index in [2.05, 4.69) is 45.1 Å². The van der Waals surface area contributed by atoms with Crippen LogP contribution >= 0.6 is 27.7 Å². The number of nitrogens with two attached hydrogens (primary N) is 1. The van der Waals surface area contributed by atoms with E-state index in [0.717, 1.165) is 21.8 Å². The van der Waals surface area contributed by atoms with Gasteiger partial charge in [0.05, 0.1) is 4.47 Å². The lowest BCUT2D eigenvalue weighted by molar-refractivity contribution is 0.898. The number of aromatic nitrogens is 2. The first-order valence-corrected chi connectivity index (χ1v) is 6.70. The maximum absolute atomic E-state index is 5.52. The topological polar surface area (TPSA) is 63.8 Å². The molecule has 0 fully saturated rings. The number of rotatable bonds is 5. The molecule has 0 spiro atoms. The molecule has 0 saturated carbocycles. The number of anilines is 2. The predicted molar refractivity (Wildman–Crippen MR) is 70.2 cm³/mol. The fourth-order valence-electron chi connectivity index (χ4n) is 1.05. The summed E-state index contributed by atoms with van der Waals surface area (Å²) in [5, 5.41) is 3.29. The summed E-state index contributed by atoms with van der Waals surface area (Å²) in [5.74, 6) is 3.22. The van der Waals surface area contributed by atoms with Crippen LogP contribution in [0.2, 0.25) is 0 Å². The minimum absolute atomic E-state index is 0.288. The van der Waals surface area contributed by atoms with Crippen LogP contribution in [-0.4, -0.2) is 27.5 Å². The second-order valence-electron chi connectivity index (χ2n) is 3.13. The molecular formula is C9H15BrN4S. The Morgan fingerprint density at radius 1 is 1.67 bits per heavy atom. The standard InChI is InChI=1S/C9H15BrN4S/c1-3-15-5-6(2)13-8-7(10)4-12-9(11)14-8/h4,6H,3,5H2,1-2H3,(H3,11,12,13,14). The highest BCUT2D eigenvalue weighted by atomic mass is 79.9. The summed E-state index contributed by atoms with van der Waals surface area (Å²) in [6.45, 7) is 4.27. The molecule has 0 aliphatic rings. The van der Waals surface area contributed by atoms with Crippen LogP contribution in [-0.2, 0) is 0 Å². The van der Waals surface area contributed by atoms with Crippen molar-refractivity contribution in [2.75, 3.05) is 22.6 Å². The van der Waals surface area contributed by atoms with Crippen molar-refractivity contribution in [3.63, 3.8) is 0 Å². The molecule has 1 aromatic rings. The summed E-state index contributed by atoms with van der Waals surface area (Å²) in [6.07, 6.45) is 1.66. The van der Waals surface area contributed by atoms with E-state index in [4.69, 9.17) is 5.73 Å². The predicted octanol–water partition coefficient (Wildman–Crippen LogP) is 2.37. The van der Waals surface area contributed by atoms with Crippen molar-refractivity contribution in [3.05, 3.63) is 10.7 Å². The third-order valence-electron chi connectivity index (χ3n) is 1.72. The SMILES string of the molecule is CCSCC(C)Nc1nc(N)ncc1Br. The number of nitrogens with one attached hydrogen (secondary N) is 1. The molecule has 0 bridgehead atoms. The maximum Gasteiger partial charge on any atom is 0.221 e. The highest BCUT2D eigenvalue weighted by molar-refractivity contribution is 9.10. The molecule has 3 N–H and O–H groups in total. The molecule has 4 nitrogen and oxygen atoms in total. The van der Waals surface area contributed by atoms with Crippen LogP contribution < -0.4 is 11.1 Å². The van der Waals surface area contributed by atoms with Gasteiger partial charge in [-0.25, -0.2) is 4.98 Å². The van der Waals surface area contributed by atoms with Gasteiger partial charge in [0, 0.05) is 18.0 Å². The molecule has 0 aliphatic carbocycles. The van der Waals surface area contributed by atoms with E-state index in [9.17, 15) is 0 Å². The molecule has 84 valence electrons. The quantitative estimate of drug-likeness (QED) is 0.872. The minimum Gasteiger partial charge on any atom is -0.368 e. The van der Waals surface area contributed by atoms with Crippen molar-refractivity contribution in [2.24, 2.45) is 0 Å². The molecule has 15 heavy (non-hydrogen) atoms. The zero-order valence-electron chi connectivity index (χ0n) is 8.83. The second-order valence-corrected chi connectivity index (χ2v) is 5.30. The average Bonchev–Trinajstić information content (AvgIpc) is 2.20. The molecule has 1 aromatic heterocycles. The van der Waals surface area contributed by atoms with Gasteiger partial charge in [-0.05, 0) is 28.6 Å². The molecule has 0 radical (unpaired) electrons. The summed E-state index contributed by atoms with van der Waals surface area (Å²) < 4.78 is 0.838. The van der Waals surface area contributed by atoms with E-state index in [0.29, 0.717) is 6.04 Å². The second kappa shape index (κ2) is 6.17. The molecular weight excluding hydrogens is 276 g/mol. The fraction of sp³-hybridized carbons (Fsp3) is 0.556. The fourth-order valence-corrected chi connectivity index (χ4v) is 2.03. The molecule has 0 amide bonds. The lowest BCUT2D eigenvalue weighted by Gasteiger charge is -2.14. The molecule has 0 aliphatic heterocycles. The molecule has 0 saturated heterocycles. The lowest BCUT2D eigenvalue weighted by atomic mass is 10.4. The van der Waals surface area contributed by atoms with E-state index in [1.165, 1.54) is 0 Å². The number of hydrogen-bond acceptors (Lipinski definition) is 5. The molecule has 1 rings (SSSR count). The average molecular weight is 291 g/mol. The van der Waals surface area contributed by atoms with E-state index >= 15 is 0 Å². The van der Waals surface area contributed by atoms with Crippen LogP contribution in [0.3, 0.4) is 0 Å². The van der Waals surface area contributed by atoms with Gasteiger partial charge in [-0.15, -0.1) is 0 Å².